The lowest BCUT2D eigenvalue weighted by atomic mass is 10.1. The Bertz CT molecular complexity index is 495. The number of nitrogens with zero attached hydrogens (tertiary/aromatic N) is 4. The first-order valence-corrected chi connectivity index (χ1v) is 4.97. The second-order valence-electron chi connectivity index (χ2n) is 3.12. The third kappa shape index (κ3) is 2.20. The lowest BCUT2D eigenvalue weighted by Crippen LogP contribution is -2.12. The van der Waals surface area contributed by atoms with Gasteiger partial charge in [0.05, 0.1) is 6.54 Å². The maximum absolute atomic E-state index is 8.97. The highest BCUT2D eigenvalue weighted by atomic mass is 35.5. The molecule has 0 atom stereocenters. The minimum absolute atomic E-state index is 0.320. The average molecular weight is 237 g/mol. The lowest BCUT2D eigenvalue weighted by molar-refractivity contribution is 0.317. The number of benzene rings is 1. The first-order chi connectivity index (χ1) is 7.81. The van der Waals surface area contributed by atoms with Crippen LogP contribution in [0.5, 0.6) is 0 Å². The van der Waals surface area contributed by atoms with Gasteiger partial charge in [-0.3, -0.25) is 0 Å². The van der Waals surface area contributed by atoms with E-state index in [1.165, 1.54) is 6.33 Å². The summed E-state index contributed by atoms with van der Waals surface area (Å²) in [7, 11) is 0. The van der Waals surface area contributed by atoms with Crippen LogP contribution in [-0.4, -0.2) is 25.7 Å². The SMILES string of the molecule is ON=C(Cn1cncn1)c1ccccc1Cl. The molecule has 1 heterocycles. The molecule has 1 N–H and O–H groups in total. The Morgan fingerprint density at radius 2 is 2.25 bits per heavy atom. The van der Waals surface area contributed by atoms with Gasteiger partial charge in [-0.1, -0.05) is 35.0 Å². The molecule has 1 aromatic carbocycles. The van der Waals surface area contributed by atoms with Crippen LogP contribution in [0.2, 0.25) is 5.02 Å². The minimum atomic E-state index is 0.320. The zero-order chi connectivity index (χ0) is 11.4. The van der Waals surface area contributed by atoms with Crippen molar-refractivity contribution in [2.45, 2.75) is 6.54 Å². The Morgan fingerprint density at radius 3 is 2.88 bits per heavy atom. The van der Waals surface area contributed by atoms with Gasteiger partial charge in [-0.25, -0.2) is 9.67 Å². The van der Waals surface area contributed by atoms with Crippen LogP contribution in [0.4, 0.5) is 0 Å². The molecule has 2 rings (SSSR count). The molecule has 0 radical (unpaired) electrons. The highest BCUT2D eigenvalue weighted by Crippen LogP contribution is 2.16. The molecule has 0 aliphatic heterocycles. The van der Waals surface area contributed by atoms with E-state index in [2.05, 4.69) is 15.2 Å². The molecule has 0 amide bonds. The van der Waals surface area contributed by atoms with Gasteiger partial charge < -0.3 is 5.21 Å². The Balaban J connectivity index is 2.28. The maximum Gasteiger partial charge on any atom is 0.137 e. The molecule has 6 heteroatoms. The predicted octanol–water partition coefficient (Wildman–Crippen LogP) is 1.81. The number of hydrogen-bond acceptors (Lipinski definition) is 4. The summed E-state index contributed by atoms with van der Waals surface area (Å²) in [5.41, 5.74) is 1.12. The van der Waals surface area contributed by atoms with Crippen molar-refractivity contribution in [3.05, 3.63) is 47.5 Å². The maximum atomic E-state index is 8.97. The topological polar surface area (TPSA) is 63.3 Å². The van der Waals surface area contributed by atoms with Gasteiger partial charge in [0.25, 0.3) is 0 Å². The number of hydrogen-bond donors (Lipinski definition) is 1. The second-order valence-corrected chi connectivity index (χ2v) is 3.53. The molecule has 5 nitrogen and oxygen atoms in total. The molecule has 82 valence electrons. The van der Waals surface area contributed by atoms with Gasteiger partial charge in [0.15, 0.2) is 0 Å². The van der Waals surface area contributed by atoms with Gasteiger partial charge in [0.1, 0.15) is 18.4 Å². The van der Waals surface area contributed by atoms with Crippen LogP contribution in [0, 0.1) is 0 Å². The predicted molar refractivity (Wildman–Crippen MR) is 59.8 cm³/mol. The van der Waals surface area contributed by atoms with E-state index in [9.17, 15) is 0 Å². The second kappa shape index (κ2) is 4.76. The molecule has 0 spiro atoms. The summed E-state index contributed by atoms with van der Waals surface area (Å²) in [5.74, 6) is 0. The van der Waals surface area contributed by atoms with Crippen LogP contribution in [0.3, 0.4) is 0 Å². The van der Waals surface area contributed by atoms with Gasteiger partial charge in [-0.2, -0.15) is 5.10 Å². The van der Waals surface area contributed by atoms with Gasteiger partial charge in [-0.05, 0) is 6.07 Å². The van der Waals surface area contributed by atoms with Crippen molar-refractivity contribution in [3.63, 3.8) is 0 Å². The van der Waals surface area contributed by atoms with Gasteiger partial charge in [-0.15, -0.1) is 0 Å². The summed E-state index contributed by atoms with van der Waals surface area (Å²) in [6.45, 7) is 0.320. The van der Waals surface area contributed by atoms with Crippen LogP contribution in [-0.2, 0) is 6.54 Å². The smallest absolute Gasteiger partial charge is 0.137 e. The van der Waals surface area contributed by atoms with Crippen molar-refractivity contribution in [1.29, 1.82) is 0 Å². The largest absolute Gasteiger partial charge is 0.411 e. The number of halogens is 1. The van der Waals surface area contributed by atoms with Crippen LogP contribution in [0.1, 0.15) is 5.56 Å². The fourth-order valence-electron chi connectivity index (χ4n) is 1.33. The molecule has 16 heavy (non-hydrogen) atoms. The Kier molecular flexibility index (Phi) is 3.16. The summed E-state index contributed by atoms with van der Waals surface area (Å²) in [4.78, 5) is 3.81. The fourth-order valence-corrected chi connectivity index (χ4v) is 1.58. The Morgan fingerprint density at radius 1 is 1.44 bits per heavy atom. The van der Waals surface area contributed by atoms with Crippen LogP contribution >= 0.6 is 11.6 Å². The molecule has 0 fully saturated rings. The molecule has 0 saturated heterocycles. The van der Waals surface area contributed by atoms with E-state index in [1.807, 2.05) is 12.1 Å². The molecular formula is C10H9ClN4O. The van der Waals surface area contributed by atoms with Gasteiger partial charge in [0, 0.05) is 10.6 Å². The average Bonchev–Trinajstić information content (AvgIpc) is 2.80. The van der Waals surface area contributed by atoms with Crippen molar-refractivity contribution in [3.8, 4) is 0 Å². The van der Waals surface area contributed by atoms with Crippen LogP contribution < -0.4 is 0 Å². The van der Waals surface area contributed by atoms with Crippen molar-refractivity contribution in [1.82, 2.24) is 14.8 Å². The minimum Gasteiger partial charge on any atom is -0.411 e. The fraction of sp³-hybridized carbons (Fsp3) is 0.100. The normalized spacial score (nSPS) is 11.7. The Labute approximate surface area is 97.0 Å². The standard InChI is InChI=1S/C10H9ClN4O/c11-9-4-2-1-3-8(9)10(14-16)5-15-7-12-6-13-15/h1-4,6-7,16H,5H2. The lowest BCUT2D eigenvalue weighted by Gasteiger charge is -2.06. The number of aromatic nitrogens is 3. The Hall–Kier alpha value is -1.88. The quantitative estimate of drug-likeness (QED) is 0.502. The molecule has 0 aliphatic rings. The van der Waals surface area contributed by atoms with E-state index in [4.69, 9.17) is 16.8 Å². The van der Waals surface area contributed by atoms with Gasteiger partial charge in [0.2, 0.25) is 0 Å². The molecule has 2 aromatic rings. The van der Waals surface area contributed by atoms with Crippen molar-refractivity contribution >= 4 is 17.3 Å². The third-order valence-electron chi connectivity index (χ3n) is 2.08. The highest BCUT2D eigenvalue weighted by molar-refractivity contribution is 6.34. The van der Waals surface area contributed by atoms with E-state index < -0.39 is 0 Å². The van der Waals surface area contributed by atoms with Crippen molar-refractivity contribution in [2.75, 3.05) is 0 Å². The molecule has 0 unspecified atom stereocenters. The molecule has 0 bridgehead atoms. The molecular weight excluding hydrogens is 228 g/mol. The summed E-state index contributed by atoms with van der Waals surface area (Å²) in [5, 5.41) is 16.7. The van der Waals surface area contributed by atoms with Crippen LogP contribution in [0.25, 0.3) is 0 Å². The van der Waals surface area contributed by atoms with Gasteiger partial charge >= 0.3 is 0 Å². The first-order valence-electron chi connectivity index (χ1n) is 4.59. The van der Waals surface area contributed by atoms with E-state index in [0.717, 1.165) is 0 Å². The number of oxime groups is 1. The van der Waals surface area contributed by atoms with E-state index >= 15 is 0 Å². The van der Waals surface area contributed by atoms with E-state index in [0.29, 0.717) is 22.8 Å². The third-order valence-corrected chi connectivity index (χ3v) is 2.41. The van der Waals surface area contributed by atoms with Crippen LogP contribution in [0.15, 0.2) is 42.1 Å². The first kappa shape index (κ1) is 10.6. The van der Waals surface area contributed by atoms with Crippen molar-refractivity contribution in [2.24, 2.45) is 5.16 Å². The summed E-state index contributed by atoms with van der Waals surface area (Å²) in [6, 6.07) is 7.17. The van der Waals surface area contributed by atoms with E-state index in [-0.39, 0.29) is 0 Å². The molecule has 0 aliphatic carbocycles. The molecule has 0 saturated carbocycles. The van der Waals surface area contributed by atoms with E-state index in [1.54, 1.807) is 23.1 Å². The summed E-state index contributed by atoms with van der Waals surface area (Å²) >= 11 is 6.00. The number of rotatable bonds is 3. The monoisotopic (exact) mass is 236 g/mol. The summed E-state index contributed by atoms with van der Waals surface area (Å²) < 4.78 is 1.55. The molecule has 1 aromatic heterocycles. The zero-order valence-corrected chi connectivity index (χ0v) is 9.04. The summed E-state index contributed by atoms with van der Waals surface area (Å²) in [6.07, 6.45) is 2.96. The van der Waals surface area contributed by atoms with Crippen molar-refractivity contribution < 1.29 is 5.21 Å². The zero-order valence-electron chi connectivity index (χ0n) is 8.29. The highest BCUT2D eigenvalue weighted by Gasteiger charge is 2.09.